The molecule has 1 amide bonds. The van der Waals surface area contributed by atoms with Gasteiger partial charge in [0.05, 0.1) is 11.9 Å². The average molecular weight is 483 g/mol. The summed E-state index contributed by atoms with van der Waals surface area (Å²) >= 11 is 0. The van der Waals surface area contributed by atoms with Crippen molar-refractivity contribution in [3.05, 3.63) is 70.3 Å². The maximum atomic E-state index is 13.4. The Morgan fingerprint density at radius 3 is 2.57 bits per heavy atom. The number of hydrogen-bond donors (Lipinski definition) is 1. The van der Waals surface area contributed by atoms with Crippen LogP contribution in [0, 0.1) is 6.92 Å². The number of piperazine rings is 1. The molecule has 1 saturated heterocycles. The van der Waals surface area contributed by atoms with Gasteiger partial charge in [0.25, 0.3) is 5.56 Å². The molecule has 1 aliphatic heterocycles. The highest BCUT2D eigenvalue weighted by atomic mass is 19.4. The first-order valence-electron chi connectivity index (χ1n) is 11.4. The zero-order valence-corrected chi connectivity index (χ0v) is 19.1. The van der Waals surface area contributed by atoms with Gasteiger partial charge < -0.3 is 14.8 Å². The van der Waals surface area contributed by atoms with Gasteiger partial charge in [0.1, 0.15) is 11.0 Å². The number of rotatable bonds is 4. The van der Waals surface area contributed by atoms with E-state index < -0.39 is 11.7 Å². The maximum Gasteiger partial charge on any atom is 0.418 e. The molecule has 3 heterocycles. The van der Waals surface area contributed by atoms with Crippen LogP contribution >= 0.6 is 0 Å². The van der Waals surface area contributed by atoms with E-state index in [1.807, 2.05) is 25.1 Å². The fourth-order valence-electron chi connectivity index (χ4n) is 4.62. The van der Waals surface area contributed by atoms with E-state index in [1.54, 1.807) is 15.9 Å². The van der Waals surface area contributed by atoms with Gasteiger partial charge in [-0.25, -0.2) is 4.98 Å². The predicted molar refractivity (Wildman–Crippen MR) is 127 cm³/mol. The molecule has 10 heteroatoms. The Balaban J connectivity index is 1.24. The molecule has 0 atom stereocenters. The number of H-pyrrole nitrogens is 1. The highest BCUT2D eigenvalue weighted by Crippen LogP contribution is 2.36. The van der Waals surface area contributed by atoms with Gasteiger partial charge in [-0.1, -0.05) is 23.8 Å². The number of fused-ring (bicyclic) bond motifs is 3. The molecule has 0 unspecified atom stereocenters. The molecule has 2 aromatic carbocycles. The normalized spacial score (nSPS) is 14.7. The second kappa shape index (κ2) is 8.75. The van der Waals surface area contributed by atoms with Crippen molar-refractivity contribution >= 4 is 33.5 Å². The van der Waals surface area contributed by atoms with Crippen LogP contribution in [0.2, 0.25) is 0 Å². The Labute approximate surface area is 198 Å². The fraction of sp³-hybridized carbons (Fsp3) is 0.320. The molecular weight excluding hydrogens is 459 g/mol. The zero-order chi connectivity index (χ0) is 24.7. The molecule has 2 aromatic heterocycles. The van der Waals surface area contributed by atoms with Crippen molar-refractivity contribution < 1.29 is 18.0 Å². The second-order valence-electron chi connectivity index (χ2n) is 8.77. The molecule has 1 N–H and O–H groups in total. The summed E-state index contributed by atoms with van der Waals surface area (Å²) in [6.45, 7) is 3.39. The van der Waals surface area contributed by atoms with Crippen molar-refractivity contribution in [2.24, 2.45) is 0 Å². The first-order chi connectivity index (χ1) is 16.7. The molecule has 1 fully saturated rings. The molecule has 0 bridgehead atoms. The Morgan fingerprint density at radius 2 is 1.83 bits per heavy atom. The standard InChI is InChI=1S/C25H24F3N5O2/c1-16-6-7-19-17(14-16)22-23(30-19)24(35)33(15-29-22)9-8-21(34)32-12-10-31(11-13-32)20-5-3-2-4-18(20)25(26,27)28/h2-7,14-15,30H,8-13H2,1H3. The van der Waals surface area contributed by atoms with Crippen molar-refractivity contribution in [3.63, 3.8) is 0 Å². The van der Waals surface area contributed by atoms with Gasteiger partial charge in [-0.05, 0) is 31.2 Å². The monoisotopic (exact) mass is 483 g/mol. The van der Waals surface area contributed by atoms with E-state index in [0.29, 0.717) is 37.2 Å². The number of para-hydroxylation sites is 1. The molecule has 182 valence electrons. The molecule has 0 radical (unpaired) electrons. The number of anilines is 1. The number of alkyl halides is 3. The number of amides is 1. The third-order valence-electron chi connectivity index (χ3n) is 6.48. The summed E-state index contributed by atoms with van der Waals surface area (Å²) in [5.74, 6) is -0.145. The van der Waals surface area contributed by atoms with Crippen LogP contribution in [-0.4, -0.2) is 51.5 Å². The highest BCUT2D eigenvalue weighted by molar-refractivity contribution is 6.04. The number of nitrogens with one attached hydrogen (secondary N) is 1. The quantitative estimate of drug-likeness (QED) is 0.477. The first-order valence-corrected chi connectivity index (χ1v) is 11.4. The van der Waals surface area contributed by atoms with Gasteiger partial charge in [0, 0.05) is 55.7 Å². The van der Waals surface area contributed by atoms with E-state index >= 15 is 0 Å². The van der Waals surface area contributed by atoms with E-state index in [0.717, 1.165) is 22.5 Å². The molecule has 0 aliphatic carbocycles. The van der Waals surface area contributed by atoms with Crippen LogP contribution in [0.5, 0.6) is 0 Å². The number of carbonyl (C=O) groups excluding carboxylic acids is 1. The minimum absolute atomic E-state index is 0.103. The number of carbonyl (C=O) groups is 1. The molecular formula is C25H24F3N5O2. The topological polar surface area (TPSA) is 74.2 Å². The van der Waals surface area contributed by atoms with Gasteiger partial charge >= 0.3 is 6.18 Å². The lowest BCUT2D eigenvalue weighted by molar-refractivity contribution is -0.137. The van der Waals surface area contributed by atoms with Crippen molar-refractivity contribution in [2.45, 2.75) is 26.1 Å². The lowest BCUT2D eigenvalue weighted by Crippen LogP contribution is -2.49. The SMILES string of the molecule is Cc1ccc2[nH]c3c(=O)n(CCC(=O)N4CCN(c5ccccc5C(F)(F)F)CC4)cnc3c2c1. The van der Waals surface area contributed by atoms with Crippen LogP contribution in [0.4, 0.5) is 18.9 Å². The number of benzene rings is 2. The van der Waals surface area contributed by atoms with E-state index in [-0.39, 0.29) is 30.1 Å². The highest BCUT2D eigenvalue weighted by Gasteiger charge is 2.35. The van der Waals surface area contributed by atoms with E-state index in [4.69, 9.17) is 0 Å². The number of hydrogen-bond acceptors (Lipinski definition) is 4. The minimum Gasteiger partial charge on any atom is -0.367 e. The molecule has 35 heavy (non-hydrogen) atoms. The summed E-state index contributed by atoms with van der Waals surface area (Å²) in [5, 5.41) is 0.880. The Kier molecular flexibility index (Phi) is 5.74. The Morgan fingerprint density at radius 1 is 1.09 bits per heavy atom. The zero-order valence-electron chi connectivity index (χ0n) is 19.1. The Bertz CT molecular complexity index is 1470. The van der Waals surface area contributed by atoms with E-state index in [9.17, 15) is 22.8 Å². The average Bonchev–Trinajstić information content (AvgIpc) is 3.21. The van der Waals surface area contributed by atoms with Gasteiger partial charge in [-0.3, -0.25) is 14.2 Å². The summed E-state index contributed by atoms with van der Waals surface area (Å²) in [5.41, 5.74) is 2.11. The van der Waals surface area contributed by atoms with Crippen LogP contribution in [0.3, 0.4) is 0 Å². The van der Waals surface area contributed by atoms with Gasteiger partial charge in [-0.2, -0.15) is 13.2 Å². The van der Waals surface area contributed by atoms with Crippen LogP contribution in [0.25, 0.3) is 21.9 Å². The lowest BCUT2D eigenvalue weighted by atomic mass is 10.1. The predicted octanol–water partition coefficient (Wildman–Crippen LogP) is 3.94. The lowest BCUT2D eigenvalue weighted by Gasteiger charge is -2.37. The first kappa shape index (κ1) is 22.9. The van der Waals surface area contributed by atoms with Crippen molar-refractivity contribution in [1.29, 1.82) is 0 Å². The summed E-state index contributed by atoms with van der Waals surface area (Å²) < 4.78 is 41.5. The molecule has 1 aliphatic rings. The van der Waals surface area contributed by atoms with Gasteiger partial charge in [0.2, 0.25) is 5.91 Å². The van der Waals surface area contributed by atoms with Crippen LogP contribution in [-0.2, 0) is 17.5 Å². The van der Waals surface area contributed by atoms with Gasteiger partial charge in [0.15, 0.2) is 0 Å². The molecule has 7 nitrogen and oxygen atoms in total. The van der Waals surface area contributed by atoms with Crippen LogP contribution < -0.4 is 10.5 Å². The van der Waals surface area contributed by atoms with E-state index in [2.05, 4.69) is 9.97 Å². The summed E-state index contributed by atoms with van der Waals surface area (Å²) in [7, 11) is 0. The maximum absolute atomic E-state index is 13.4. The number of aromatic nitrogens is 3. The number of aryl methyl sites for hydroxylation is 2. The minimum atomic E-state index is -4.43. The largest absolute Gasteiger partial charge is 0.418 e. The fourth-order valence-corrected chi connectivity index (χ4v) is 4.62. The van der Waals surface area contributed by atoms with Crippen molar-refractivity contribution in [1.82, 2.24) is 19.4 Å². The smallest absolute Gasteiger partial charge is 0.367 e. The third kappa shape index (κ3) is 4.36. The molecule has 0 spiro atoms. The number of nitrogens with zero attached hydrogens (tertiary/aromatic N) is 4. The van der Waals surface area contributed by atoms with Crippen LogP contribution in [0.1, 0.15) is 17.5 Å². The summed E-state index contributed by atoms with van der Waals surface area (Å²) in [6.07, 6.45) is -2.87. The number of aromatic amines is 1. The van der Waals surface area contributed by atoms with E-state index in [1.165, 1.54) is 23.0 Å². The third-order valence-corrected chi connectivity index (χ3v) is 6.48. The summed E-state index contributed by atoms with van der Waals surface area (Å²) in [6, 6.07) is 11.3. The van der Waals surface area contributed by atoms with Crippen molar-refractivity contribution in [2.75, 3.05) is 31.1 Å². The van der Waals surface area contributed by atoms with Gasteiger partial charge in [-0.15, -0.1) is 0 Å². The molecule has 5 rings (SSSR count). The molecule has 4 aromatic rings. The number of halogens is 3. The Hall–Kier alpha value is -3.82. The molecule has 0 saturated carbocycles. The second-order valence-corrected chi connectivity index (χ2v) is 8.77. The summed E-state index contributed by atoms with van der Waals surface area (Å²) in [4.78, 5) is 36.6. The van der Waals surface area contributed by atoms with Crippen LogP contribution in [0.15, 0.2) is 53.6 Å². The van der Waals surface area contributed by atoms with Crippen molar-refractivity contribution in [3.8, 4) is 0 Å².